The summed E-state index contributed by atoms with van der Waals surface area (Å²) in [6, 6.07) is 4.88. The van der Waals surface area contributed by atoms with Gasteiger partial charge in [0.1, 0.15) is 38.8 Å². The number of hydrogen-bond donors (Lipinski definition) is 3. The Labute approximate surface area is 334 Å². The van der Waals surface area contributed by atoms with E-state index < -0.39 is 59.4 Å². The monoisotopic (exact) mass is 835 g/mol. The van der Waals surface area contributed by atoms with Gasteiger partial charge in [-0.1, -0.05) is 27.7 Å². The van der Waals surface area contributed by atoms with Crippen molar-refractivity contribution in [2.24, 2.45) is 0 Å². The average Bonchev–Trinajstić information content (AvgIpc) is 3.22. The van der Waals surface area contributed by atoms with Gasteiger partial charge in [0, 0.05) is 50.9 Å². The Morgan fingerprint density at radius 1 is 0.603 bits per heavy atom. The molecule has 2 atom stereocenters. The van der Waals surface area contributed by atoms with Crippen LogP contribution in [0.25, 0.3) is 0 Å². The molecule has 0 aliphatic rings. The largest absolute Gasteiger partial charge is 0.513 e. The molecule has 0 aliphatic heterocycles. The zero-order chi connectivity index (χ0) is 43.6. The van der Waals surface area contributed by atoms with Crippen LogP contribution in [0.2, 0.25) is 0 Å². The highest BCUT2D eigenvalue weighted by atomic mass is 16.7. The van der Waals surface area contributed by atoms with Crippen molar-refractivity contribution in [3.63, 3.8) is 0 Å². The van der Waals surface area contributed by atoms with Gasteiger partial charge in [0.15, 0.2) is 12.2 Å². The molecule has 3 N–H and O–H groups in total. The standard InChI is InChI=1S/C21H28N2O12.C14H25NO8/c1-3-18(24)32-13-17(34-19(25)4-2)14-33-20(26)22-9-10-30-11-12-31-21(27)35-16-7-5-15(6-8-16)23(28)29;1-3-12(17)21-9-11(23-13(18)4-2)10-22-14(19)15-5-7-20-8-6-16/h5-8,17H,3-4,9-14H2,1-2H3,(H,22,26);11,16H,3-10H2,1-2H3,(H,15,19). The number of ether oxygens (including phenoxy) is 10. The first-order chi connectivity index (χ1) is 27.8. The molecule has 1 aromatic rings. The molecule has 2 unspecified atom stereocenters. The number of nitrogens with one attached hydrogen (secondary N) is 2. The summed E-state index contributed by atoms with van der Waals surface area (Å²) in [6.45, 7) is 6.12. The zero-order valence-electron chi connectivity index (χ0n) is 32.9. The highest BCUT2D eigenvalue weighted by Gasteiger charge is 2.20. The van der Waals surface area contributed by atoms with E-state index in [1.807, 2.05) is 0 Å². The minimum absolute atomic E-state index is 0.0178. The first-order valence-electron chi connectivity index (χ1n) is 18.1. The third-order valence-electron chi connectivity index (χ3n) is 6.38. The molecule has 0 fully saturated rings. The second-order valence-electron chi connectivity index (χ2n) is 11.0. The van der Waals surface area contributed by atoms with Crippen molar-refractivity contribution < 1.29 is 91.0 Å². The SMILES string of the molecule is CCC(=O)OCC(COC(=O)NCCOCCO)OC(=O)CC.CCC(=O)OCC(COC(=O)NCCOCCOC(=O)Oc1ccc([N+](=O)[O-])cc1)OC(=O)CC. The summed E-state index contributed by atoms with van der Waals surface area (Å²) in [5.74, 6) is -1.84. The Hall–Kier alpha value is -5.81. The number of aliphatic hydroxyl groups is 1. The van der Waals surface area contributed by atoms with Crippen LogP contribution in [0.3, 0.4) is 0 Å². The van der Waals surface area contributed by atoms with Crippen LogP contribution in [0.15, 0.2) is 24.3 Å². The molecule has 1 rings (SSSR count). The molecule has 0 heterocycles. The highest BCUT2D eigenvalue weighted by molar-refractivity contribution is 5.71. The molecule has 0 saturated carbocycles. The summed E-state index contributed by atoms with van der Waals surface area (Å²) in [7, 11) is 0. The van der Waals surface area contributed by atoms with E-state index in [9.17, 15) is 43.7 Å². The lowest BCUT2D eigenvalue weighted by molar-refractivity contribution is -0.384. The van der Waals surface area contributed by atoms with Crippen LogP contribution in [0.4, 0.5) is 20.1 Å². The number of hydrogen-bond acceptors (Lipinski definition) is 20. The van der Waals surface area contributed by atoms with E-state index in [1.165, 1.54) is 24.3 Å². The fraction of sp³-hybridized carbons (Fsp3) is 0.629. The van der Waals surface area contributed by atoms with E-state index in [4.69, 9.17) is 52.5 Å². The normalized spacial score (nSPS) is 11.2. The van der Waals surface area contributed by atoms with E-state index in [0.717, 1.165) is 0 Å². The summed E-state index contributed by atoms with van der Waals surface area (Å²) in [6.07, 6.45) is -3.67. The maximum atomic E-state index is 11.7. The van der Waals surface area contributed by atoms with Gasteiger partial charge in [-0.15, -0.1) is 0 Å². The van der Waals surface area contributed by atoms with Crippen LogP contribution in [-0.4, -0.2) is 144 Å². The maximum absolute atomic E-state index is 11.7. The van der Waals surface area contributed by atoms with Crippen molar-refractivity contribution in [2.75, 3.05) is 79.2 Å². The Morgan fingerprint density at radius 3 is 1.45 bits per heavy atom. The molecule has 0 aliphatic carbocycles. The number of non-ortho nitro benzene ring substituents is 1. The molecule has 23 heteroatoms. The van der Waals surface area contributed by atoms with E-state index in [-0.39, 0.29) is 116 Å². The molecule has 0 spiro atoms. The number of alkyl carbamates (subject to hydrolysis) is 2. The zero-order valence-corrected chi connectivity index (χ0v) is 32.9. The summed E-state index contributed by atoms with van der Waals surface area (Å²) >= 11 is 0. The van der Waals surface area contributed by atoms with E-state index in [2.05, 4.69) is 10.6 Å². The molecular formula is C35H53N3O20. The molecule has 1 aromatic carbocycles. The van der Waals surface area contributed by atoms with Gasteiger partial charge in [-0.05, 0) is 12.1 Å². The van der Waals surface area contributed by atoms with Crippen molar-refractivity contribution in [1.82, 2.24) is 10.6 Å². The van der Waals surface area contributed by atoms with Crippen LogP contribution in [0.5, 0.6) is 5.75 Å². The van der Waals surface area contributed by atoms with Gasteiger partial charge in [-0.25, -0.2) is 14.4 Å². The summed E-state index contributed by atoms with van der Waals surface area (Å²) in [5.41, 5.74) is -0.145. The van der Waals surface area contributed by atoms with Gasteiger partial charge >= 0.3 is 42.2 Å². The number of benzene rings is 1. The van der Waals surface area contributed by atoms with Crippen LogP contribution >= 0.6 is 0 Å². The number of nitro groups is 1. The minimum atomic E-state index is -1.01. The number of carbonyl (C=O) groups is 7. The van der Waals surface area contributed by atoms with Gasteiger partial charge in [-0.2, -0.15) is 0 Å². The van der Waals surface area contributed by atoms with E-state index in [0.29, 0.717) is 0 Å². The van der Waals surface area contributed by atoms with Crippen molar-refractivity contribution >= 4 is 47.9 Å². The number of rotatable bonds is 27. The number of nitro benzene ring substituents is 1. The van der Waals surface area contributed by atoms with Crippen LogP contribution in [-0.2, 0) is 61.8 Å². The third-order valence-corrected chi connectivity index (χ3v) is 6.38. The minimum Gasteiger partial charge on any atom is -0.462 e. The van der Waals surface area contributed by atoms with E-state index >= 15 is 0 Å². The molecule has 0 saturated heterocycles. The first kappa shape index (κ1) is 52.2. The molecule has 58 heavy (non-hydrogen) atoms. The predicted molar refractivity (Wildman–Crippen MR) is 195 cm³/mol. The average molecular weight is 836 g/mol. The number of amides is 2. The van der Waals surface area contributed by atoms with Gasteiger partial charge in [0.25, 0.3) is 5.69 Å². The number of carbonyl (C=O) groups excluding carboxylic acids is 7. The van der Waals surface area contributed by atoms with E-state index in [1.54, 1.807) is 27.7 Å². The molecule has 2 amide bonds. The second kappa shape index (κ2) is 33.3. The van der Waals surface area contributed by atoms with Crippen LogP contribution in [0, 0.1) is 10.1 Å². The number of aliphatic hydroxyl groups excluding tert-OH is 1. The number of nitrogens with zero attached hydrogens (tertiary/aromatic N) is 1. The Balaban J connectivity index is 0.00000123. The lowest BCUT2D eigenvalue weighted by atomic mass is 10.3. The van der Waals surface area contributed by atoms with Gasteiger partial charge in [0.05, 0.1) is 38.0 Å². The molecule has 0 bridgehead atoms. The van der Waals surface area contributed by atoms with Crippen LogP contribution in [0.1, 0.15) is 53.4 Å². The van der Waals surface area contributed by atoms with Crippen molar-refractivity contribution in [2.45, 2.75) is 65.6 Å². The topological polar surface area (TPSA) is 299 Å². The Morgan fingerprint density at radius 2 is 1.03 bits per heavy atom. The number of esters is 4. The highest BCUT2D eigenvalue weighted by Crippen LogP contribution is 2.17. The Kier molecular flexibility index (Phi) is 30.0. The fourth-order valence-electron chi connectivity index (χ4n) is 3.45. The smallest absolute Gasteiger partial charge is 0.462 e. The van der Waals surface area contributed by atoms with Gasteiger partial charge in [-0.3, -0.25) is 29.3 Å². The summed E-state index contributed by atoms with van der Waals surface area (Å²) < 4.78 is 49.5. The summed E-state index contributed by atoms with van der Waals surface area (Å²) in [4.78, 5) is 89.9. The lowest BCUT2D eigenvalue weighted by Crippen LogP contribution is -2.34. The maximum Gasteiger partial charge on any atom is 0.513 e. The van der Waals surface area contributed by atoms with Gasteiger partial charge in [0.2, 0.25) is 0 Å². The van der Waals surface area contributed by atoms with Crippen molar-refractivity contribution in [3.05, 3.63) is 34.4 Å². The van der Waals surface area contributed by atoms with Crippen molar-refractivity contribution in [1.29, 1.82) is 0 Å². The predicted octanol–water partition coefficient (Wildman–Crippen LogP) is 2.12. The lowest BCUT2D eigenvalue weighted by Gasteiger charge is -2.17. The molecule has 0 aromatic heterocycles. The third kappa shape index (κ3) is 28.6. The molecular weight excluding hydrogens is 782 g/mol. The van der Waals surface area contributed by atoms with Crippen molar-refractivity contribution in [3.8, 4) is 5.75 Å². The molecule has 23 nitrogen and oxygen atoms in total. The molecule has 328 valence electrons. The van der Waals surface area contributed by atoms with Crippen LogP contribution < -0.4 is 15.4 Å². The second-order valence-corrected chi connectivity index (χ2v) is 11.0. The fourth-order valence-corrected chi connectivity index (χ4v) is 3.45. The molecule has 0 radical (unpaired) electrons. The first-order valence-corrected chi connectivity index (χ1v) is 18.1. The Bertz CT molecular complexity index is 1390. The quantitative estimate of drug-likeness (QED) is 0.0285. The van der Waals surface area contributed by atoms with Gasteiger partial charge < -0.3 is 63.1 Å². The summed E-state index contributed by atoms with van der Waals surface area (Å²) in [5, 5.41) is 23.9.